The van der Waals surface area contributed by atoms with Gasteiger partial charge in [-0.05, 0) is 48.4 Å². The molecule has 0 spiro atoms. The second-order valence-corrected chi connectivity index (χ2v) is 6.13. The minimum absolute atomic E-state index is 0.368. The smallest absolute Gasteiger partial charge is 0.0359 e. The molecule has 3 rings (SSSR count). The summed E-state index contributed by atoms with van der Waals surface area (Å²) in [7, 11) is 2.04. The van der Waals surface area contributed by atoms with Crippen LogP contribution < -0.4 is 5.32 Å². The van der Waals surface area contributed by atoms with E-state index in [2.05, 4.69) is 66.2 Å². The van der Waals surface area contributed by atoms with Crippen molar-refractivity contribution in [2.45, 2.75) is 19.4 Å². The molecular weight excluding hydrogens is 262 g/mol. The van der Waals surface area contributed by atoms with Crippen molar-refractivity contribution in [2.24, 2.45) is 0 Å². The molecule has 2 aromatic carbocycles. The van der Waals surface area contributed by atoms with Gasteiger partial charge in [-0.25, -0.2) is 0 Å². The molecule has 1 aromatic heterocycles. The van der Waals surface area contributed by atoms with E-state index in [0.29, 0.717) is 6.04 Å². The van der Waals surface area contributed by atoms with Crippen LogP contribution in [0.15, 0.2) is 53.9 Å². The summed E-state index contributed by atoms with van der Waals surface area (Å²) in [5.74, 6) is 0. The summed E-state index contributed by atoms with van der Waals surface area (Å²) in [6.45, 7) is 2.15. The Kier molecular flexibility index (Phi) is 3.86. The maximum atomic E-state index is 3.45. The molecule has 0 fully saturated rings. The molecule has 0 saturated carbocycles. The van der Waals surface area contributed by atoms with Gasteiger partial charge in [-0.2, -0.15) is 0 Å². The number of likely N-dealkylation sites (N-methyl/N-ethyl adjacent to an activating group) is 1. The molecule has 1 atom stereocenters. The minimum Gasteiger partial charge on any atom is -0.313 e. The van der Waals surface area contributed by atoms with Crippen molar-refractivity contribution in [3.8, 4) is 0 Å². The Balaban J connectivity index is 1.92. The average Bonchev–Trinajstić information content (AvgIpc) is 2.88. The van der Waals surface area contributed by atoms with Crippen LogP contribution in [0, 0.1) is 6.92 Å². The predicted molar refractivity (Wildman–Crippen MR) is 88.5 cm³/mol. The van der Waals surface area contributed by atoms with Crippen LogP contribution in [0.25, 0.3) is 10.1 Å². The van der Waals surface area contributed by atoms with Crippen molar-refractivity contribution in [2.75, 3.05) is 7.05 Å². The molecule has 0 aliphatic rings. The van der Waals surface area contributed by atoms with E-state index in [1.165, 1.54) is 26.8 Å². The van der Waals surface area contributed by atoms with Gasteiger partial charge in [0.2, 0.25) is 0 Å². The molecule has 1 heterocycles. The van der Waals surface area contributed by atoms with E-state index in [4.69, 9.17) is 0 Å². The lowest BCUT2D eigenvalue weighted by Gasteiger charge is -2.17. The van der Waals surface area contributed by atoms with E-state index in [9.17, 15) is 0 Å². The highest BCUT2D eigenvalue weighted by Gasteiger charge is 2.13. The SMILES string of the molecule is CNC(Cc1csc2ccccc12)c1cccc(C)c1. The van der Waals surface area contributed by atoms with Crippen LogP contribution in [-0.4, -0.2) is 7.05 Å². The lowest BCUT2D eigenvalue weighted by atomic mass is 9.97. The number of benzene rings is 2. The summed E-state index contributed by atoms with van der Waals surface area (Å²) in [5.41, 5.74) is 4.12. The molecule has 0 aliphatic heterocycles. The molecule has 3 aromatic rings. The van der Waals surface area contributed by atoms with Gasteiger partial charge in [0.05, 0.1) is 0 Å². The largest absolute Gasteiger partial charge is 0.313 e. The second kappa shape index (κ2) is 5.78. The van der Waals surface area contributed by atoms with Crippen LogP contribution in [0.4, 0.5) is 0 Å². The molecule has 0 amide bonds. The topological polar surface area (TPSA) is 12.0 Å². The third kappa shape index (κ3) is 2.62. The summed E-state index contributed by atoms with van der Waals surface area (Å²) >= 11 is 1.84. The van der Waals surface area contributed by atoms with Crippen molar-refractivity contribution >= 4 is 21.4 Å². The molecule has 1 unspecified atom stereocenters. The van der Waals surface area contributed by atoms with Crippen LogP contribution in [0.3, 0.4) is 0 Å². The van der Waals surface area contributed by atoms with Gasteiger partial charge in [0.1, 0.15) is 0 Å². The molecule has 0 saturated heterocycles. The van der Waals surface area contributed by atoms with Gasteiger partial charge < -0.3 is 5.32 Å². The van der Waals surface area contributed by atoms with Gasteiger partial charge in [-0.3, -0.25) is 0 Å². The molecule has 102 valence electrons. The zero-order valence-electron chi connectivity index (χ0n) is 11.9. The Bertz CT molecular complexity index is 714. The summed E-state index contributed by atoms with van der Waals surface area (Å²) in [6.07, 6.45) is 1.03. The van der Waals surface area contributed by atoms with Crippen molar-refractivity contribution in [1.29, 1.82) is 0 Å². The van der Waals surface area contributed by atoms with Crippen molar-refractivity contribution in [1.82, 2.24) is 5.32 Å². The fourth-order valence-corrected chi connectivity index (χ4v) is 3.66. The quantitative estimate of drug-likeness (QED) is 0.730. The lowest BCUT2D eigenvalue weighted by Crippen LogP contribution is -2.18. The number of rotatable bonds is 4. The fraction of sp³-hybridized carbons (Fsp3) is 0.222. The number of aryl methyl sites for hydroxylation is 1. The van der Waals surface area contributed by atoms with Gasteiger partial charge in [0.15, 0.2) is 0 Å². The number of hydrogen-bond acceptors (Lipinski definition) is 2. The number of nitrogens with one attached hydrogen (secondary N) is 1. The highest BCUT2D eigenvalue weighted by atomic mass is 32.1. The Labute approximate surface area is 124 Å². The first-order valence-corrected chi connectivity index (χ1v) is 7.85. The fourth-order valence-electron chi connectivity index (χ4n) is 2.68. The van der Waals surface area contributed by atoms with E-state index in [-0.39, 0.29) is 0 Å². The van der Waals surface area contributed by atoms with E-state index in [1.54, 1.807) is 0 Å². The Morgan fingerprint density at radius 2 is 1.95 bits per heavy atom. The van der Waals surface area contributed by atoms with Crippen LogP contribution in [0.1, 0.15) is 22.7 Å². The zero-order chi connectivity index (χ0) is 13.9. The van der Waals surface area contributed by atoms with E-state index in [0.717, 1.165) is 6.42 Å². The van der Waals surface area contributed by atoms with Gasteiger partial charge in [-0.15, -0.1) is 11.3 Å². The van der Waals surface area contributed by atoms with E-state index < -0.39 is 0 Å². The molecule has 20 heavy (non-hydrogen) atoms. The van der Waals surface area contributed by atoms with Crippen molar-refractivity contribution < 1.29 is 0 Å². The first-order valence-electron chi connectivity index (χ1n) is 6.97. The Morgan fingerprint density at radius 3 is 2.75 bits per heavy atom. The maximum absolute atomic E-state index is 3.45. The van der Waals surface area contributed by atoms with E-state index in [1.807, 2.05) is 18.4 Å². The lowest BCUT2D eigenvalue weighted by molar-refractivity contribution is 0.594. The van der Waals surface area contributed by atoms with Crippen LogP contribution in [0.2, 0.25) is 0 Å². The summed E-state index contributed by atoms with van der Waals surface area (Å²) in [4.78, 5) is 0. The molecule has 2 heteroatoms. The highest BCUT2D eigenvalue weighted by Crippen LogP contribution is 2.29. The molecule has 1 nitrogen and oxygen atoms in total. The first kappa shape index (κ1) is 13.3. The highest BCUT2D eigenvalue weighted by molar-refractivity contribution is 7.17. The van der Waals surface area contributed by atoms with Crippen molar-refractivity contribution in [3.63, 3.8) is 0 Å². The summed E-state index contributed by atoms with van der Waals surface area (Å²) in [5, 5.41) is 7.14. The Morgan fingerprint density at radius 1 is 1.10 bits per heavy atom. The average molecular weight is 281 g/mol. The number of hydrogen-bond donors (Lipinski definition) is 1. The maximum Gasteiger partial charge on any atom is 0.0359 e. The molecule has 0 radical (unpaired) electrons. The molecular formula is C18H19NS. The summed E-state index contributed by atoms with van der Waals surface area (Å²) in [6, 6.07) is 17.8. The molecule has 0 bridgehead atoms. The van der Waals surface area contributed by atoms with Crippen LogP contribution in [0.5, 0.6) is 0 Å². The van der Waals surface area contributed by atoms with Crippen molar-refractivity contribution in [3.05, 3.63) is 70.6 Å². The van der Waals surface area contributed by atoms with Gasteiger partial charge in [0, 0.05) is 10.7 Å². The minimum atomic E-state index is 0.368. The summed E-state index contributed by atoms with van der Waals surface area (Å²) < 4.78 is 1.38. The van der Waals surface area contributed by atoms with Gasteiger partial charge >= 0.3 is 0 Å². The third-order valence-electron chi connectivity index (χ3n) is 3.78. The molecule has 1 N–H and O–H groups in total. The number of fused-ring (bicyclic) bond motifs is 1. The van der Waals surface area contributed by atoms with Crippen LogP contribution >= 0.6 is 11.3 Å². The monoisotopic (exact) mass is 281 g/mol. The van der Waals surface area contributed by atoms with Gasteiger partial charge in [-0.1, -0.05) is 48.0 Å². The van der Waals surface area contributed by atoms with Gasteiger partial charge in [0.25, 0.3) is 0 Å². The zero-order valence-corrected chi connectivity index (χ0v) is 12.7. The third-order valence-corrected chi connectivity index (χ3v) is 4.79. The molecule has 0 aliphatic carbocycles. The predicted octanol–water partition coefficient (Wildman–Crippen LogP) is 4.71. The van der Waals surface area contributed by atoms with Crippen LogP contribution in [-0.2, 0) is 6.42 Å². The standard InChI is InChI=1S/C18H19NS/c1-13-6-5-7-14(10-13)17(19-2)11-15-12-20-18-9-4-3-8-16(15)18/h3-10,12,17,19H,11H2,1-2H3. The number of thiophene rings is 1. The normalized spacial score (nSPS) is 12.7. The second-order valence-electron chi connectivity index (χ2n) is 5.22. The van der Waals surface area contributed by atoms with E-state index >= 15 is 0 Å². The Hall–Kier alpha value is -1.64. The first-order chi connectivity index (χ1) is 9.78.